The maximum atomic E-state index is 12.6. The number of hydrogen-bond acceptors (Lipinski definition) is 5. The Morgan fingerprint density at radius 3 is 2.68 bits per heavy atom. The highest BCUT2D eigenvalue weighted by atomic mass is 19.4. The molecule has 1 unspecified atom stereocenters. The number of hydrogen-bond donors (Lipinski definition) is 0. The van der Waals surface area contributed by atoms with Gasteiger partial charge < -0.3 is 14.4 Å². The van der Waals surface area contributed by atoms with Crippen molar-refractivity contribution in [1.29, 1.82) is 0 Å². The molecule has 0 N–H and O–H groups in total. The molecular weight excluding hydrogens is 375 g/mol. The van der Waals surface area contributed by atoms with Crippen LogP contribution < -0.4 is 9.47 Å². The normalized spacial score (nSPS) is 17.3. The Bertz CT molecular complexity index is 812. The van der Waals surface area contributed by atoms with Crippen LogP contribution in [0.1, 0.15) is 24.0 Å². The summed E-state index contributed by atoms with van der Waals surface area (Å²) in [6.45, 7) is 0.984. The minimum absolute atomic E-state index is 0.0478. The van der Waals surface area contributed by atoms with Crippen LogP contribution in [0.2, 0.25) is 0 Å². The zero-order valence-electron chi connectivity index (χ0n) is 15.3. The third-order valence-corrected chi connectivity index (χ3v) is 4.45. The summed E-state index contributed by atoms with van der Waals surface area (Å²) in [7, 11) is 1.46. The van der Waals surface area contributed by atoms with Crippen molar-refractivity contribution in [1.82, 2.24) is 14.9 Å². The second-order valence-corrected chi connectivity index (χ2v) is 6.47. The lowest BCUT2D eigenvalue weighted by Gasteiger charge is -2.32. The Morgan fingerprint density at radius 1 is 1.25 bits per heavy atom. The van der Waals surface area contributed by atoms with Gasteiger partial charge >= 0.3 is 12.2 Å². The summed E-state index contributed by atoms with van der Waals surface area (Å²) < 4.78 is 48.7. The molecule has 3 rings (SSSR count). The summed E-state index contributed by atoms with van der Waals surface area (Å²) in [5, 5.41) is 0. The van der Waals surface area contributed by atoms with Crippen molar-refractivity contribution in [2.45, 2.75) is 31.5 Å². The number of halogens is 3. The largest absolute Gasteiger partial charge is 0.472 e. The van der Waals surface area contributed by atoms with Gasteiger partial charge in [0.15, 0.2) is 0 Å². The minimum atomic E-state index is -4.39. The Kier molecular flexibility index (Phi) is 6.01. The van der Waals surface area contributed by atoms with Crippen molar-refractivity contribution < 1.29 is 27.4 Å². The standard InChI is InChI=1S/C19H20F3N3O3/c1-27-18-23-9-8-16(24-18)28-15-3-2-10-25(12-15)17(26)11-13-4-6-14(7-5-13)19(20,21)22/h4-9,15H,2-3,10-12H2,1H3. The van der Waals surface area contributed by atoms with E-state index < -0.39 is 11.7 Å². The molecule has 1 aliphatic rings. The molecule has 1 aromatic heterocycles. The average Bonchev–Trinajstić information content (AvgIpc) is 2.68. The number of rotatable bonds is 5. The molecule has 0 bridgehead atoms. The lowest BCUT2D eigenvalue weighted by molar-refractivity contribution is -0.137. The Balaban J connectivity index is 1.58. The summed E-state index contributed by atoms with van der Waals surface area (Å²) in [6, 6.07) is 6.48. The van der Waals surface area contributed by atoms with Gasteiger partial charge in [0, 0.05) is 18.8 Å². The molecule has 0 aliphatic carbocycles. The fourth-order valence-electron chi connectivity index (χ4n) is 3.02. The summed E-state index contributed by atoms with van der Waals surface area (Å²) in [4.78, 5) is 22.2. The van der Waals surface area contributed by atoms with Crippen LogP contribution in [0, 0.1) is 0 Å². The molecule has 0 radical (unpaired) electrons. The van der Waals surface area contributed by atoms with Crippen LogP contribution >= 0.6 is 0 Å². The van der Waals surface area contributed by atoms with E-state index in [1.165, 1.54) is 25.4 Å². The highest BCUT2D eigenvalue weighted by molar-refractivity contribution is 5.79. The molecule has 2 heterocycles. The van der Waals surface area contributed by atoms with Gasteiger partial charge in [0.2, 0.25) is 11.8 Å². The Labute approximate surface area is 160 Å². The first kappa shape index (κ1) is 19.9. The summed E-state index contributed by atoms with van der Waals surface area (Å²) >= 11 is 0. The van der Waals surface area contributed by atoms with Gasteiger partial charge in [-0.25, -0.2) is 4.98 Å². The van der Waals surface area contributed by atoms with Crippen LogP contribution in [0.25, 0.3) is 0 Å². The first-order valence-corrected chi connectivity index (χ1v) is 8.83. The molecule has 9 heteroatoms. The fraction of sp³-hybridized carbons (Fsp3) is 0.421. The first-order valence-electron chi connectivity index (χ1n) is 8.83. The summed E-state index contributed by atoms with van der Waals surface area (Å²) in [5.74, 6) is 0.224. The van der Waals surface area contributed by atoms with Crippen LogP contribution in [-0.2, 0) is 17.4 Å². The molecule has 1 atom stereocenters. The average molecular weight is 395 g/mol. The molecule has 150 valence electrons. The molecule has 1 fully saturated rings. The van der Waals surface area contributed by atoms with E-state index in [-0.39, 0.29) is 24.4 Å². The number of ether oxygens (including phenoxy) is 2. The van der Waals surface area contributed by atoms with E-state index in [1.807, 2.05) is 0 Å². The van der Waals surface area contributed by atoms with Crippen molar-refractivity contribution in [2.75, 3.05) is 20.2 Å². The molecule has 6 nitrogen and oxygen atoms in total. The number of nitrogens with zero attached hydrogens (tertiary/aromatic N) is 3. The van der Waals surface area contributed by atoms with E-state index in [1.54, 1.807) is 11.0 Å². The monoisotopic (exact) mass is 395 g/mol. The number of aromatic nitrogens is 2. The van der Waals surface area contributed by atoms with E-state index in [0.717, 1.165) is 25.0 Å². The highest BCUT2D eigenvalue weighted by Crippen LogP contribution is 2.29. The van der Waals surface area contributed by atoms with E-state index in [4.69, 9.17) is 9.47 Å². The summed E-state index contributed by atoms with van der Waals surface area (Å²) in [6.07, 6.45) is -1.49. The van der Waals surface area contributed by atoms with E-state index in [0.29, 0.717) is 24.5 Å². The van der Waals surface area contributed by atoms with Gasteiger partial charge in [-0.15, -0.1) is 0 Å². The van der Waals surface area contributed by atoms with E-state index in [2.05, 4.69) is 9.97 Å². The number of carbonyl (C=O) groups is 1. The SMILES string of the molecule is COc1nccc(OC2CCCN(C(=O)Cc3ccc(C(F)(F)F)cc3)C2)n1. The van der Waals surface area contributed by atoms with Crippen molar-refractivity contribution in [2.24, 2.45) is 0 Å². The molecule has 2 aromatic rings. The highest BCUT2D eigenvalue weighted by Gasteiger charge is 2.30. The second-order valence-electron chi connectivity index (χ2n) is 6.47. The van der Waals surface area contributed by atoms with Gasteiger partial charge in [-0.3, -0.25) is 4.79 Å². The number of methoxy groups -OCH3 is 1. The lowest BCUT2D eigenvalue weighted by atomic mass is 10.1. The van der Waals surface area contributed by atoms with Gasteiger partial charge in [-0.2, -0.15) is 18.2 Å². The quantitative estimate of drug-likeness (QED) is 0.778. The topological polar surface area (TPSA) is 64.6 Å². The van der Waals surface area contributed by atoms with Gasteiger partial charge in [0.05, 0.1) is 25.6 Å². The third kappa shape index (κ3) is 5.11. The van der Waals surface area contributed by atoms with Crippen LogP contribution in [0.5, 0.6) is 11.9 Å². The number of likely N-dealkylation sites (tertiary alicyclic amines) is 1. The van der Waals surface area contributed by atoms with Crippen molar-refractivity contribution in [3.05, 3.63) is 47.7 Å². The summed E-state index contributed by atoms with van der Waals surface area (Å²) in [5.41, 5.74) is -0.183. The zero-order chi connectivity index (χ0) is 20.1. The molecule has 1 aliphatic heterocycles. The van der Waals surface area contributed by atoms with Crippen LogP contribution in [0.4, 0.5) is 13.2 Å². The van der Waals surface area contributed by atoms with Gasteiger partial charge in [0.25, 0.3) is 0 Å². The number of carbonyl (C=O) groups excluding carboxylic acids is 1. The van der Waals surface area contributed by atoms with Crippen molar-refractivity contribution in [3.8, 4) is 11.9 Å². The van der Waals surface area contributed by atoms with E-state index >= 15 is 0 Å². The van der Waals surface area contributed by atoms with Crippen LogP contribution in [0.3, 0.4) is 0 Å². The molecule has 1 aromatic carbocycles. The maximum absolute atomic E-state index is 12.6. The number of alkyl halides is 3. The van der Waals surface area contributed by atoms with Crippen LogP contribution in [0.15, 0.2) is 36.5 Å². The lowest BCUT2D eigenvalue weighted by Crippen LogP contribution is -2.45. The molecule has 0 spiro atoms. The Hall–Kier alpha value is -2.84. The molecule has 1 saturated heterocycles. The first-order chi connectivity index (χ1) is 13.3. The second kappa shape index (κ2) is 8.45. The molecular formula is C19H20F3N3O3. The zero-order valence-corrected chi connectivity index (χ0v) is 15.3. The predicted octanol–water partition coefficient (Wildman–Crippen LogP) is 3.12. The number of amides is 1. The Morgan fingerprint density at radius 2 is 2.00 bits per heavy atom. The van der Waals surface area contributed by atoms with E-state index in [9.17, 15) is 18.0 Å². The van der Waals surface area contributed by atoms with Crippen molar-refractivity contribution in [3.63, 3.8) is 0 Å². The van der Waals surface area contributed by atoms with Crippen LogP contribution in [-0.4, -0.2) is 47.1 Å². The number of benzene rings is 1. The van der Waals surface area contributed by atoms with Gasteiger partial charge in [-0.1, -0.05) is 12.1 Å². The maximum Gasteiger partial charge on any atom is 0.416 e. The number of piperidine rings is 1. The third-order valence-electron chi connectivity index (χ3n) is 4.45. The van der Waals surface area contributed by atoms with Gasteiger partial charge in [-0.05, 0) is 30.5 Å². The van der Waals surface area contributed by atoms with Gasteiger partial charge in [0.1, 0.15) is 6.10 Å². The fourth-order valence-corrected chi connectivity index (χ4v) is 3.02. The predicted molar refractivity (Wildman–Crippen MR) is 94.0 cm³/mol. The van der Waals surface area contributed by atoms with Crippen molar-refractivity contribution >= 4 is 5.91 Å². The molecule has 28 heavy (non-hydrogen) atoms. The molecule has 1 amide bonds. The molecule has 0 saturated carbocycles. The smallest absolute Gasteiger partial charge is 0.416 e. The minimum Gasteiger partial charge on any atom is -0.472 e.